The normalized spacial score (nSPS) is 16.4. The van der Waals surface area contributed by atoms with Gasteiger partial charge < -0.3 is 15.4 Å². The highest BCUT2D eigenvalue weighted by molar-refractivity contribution is 5.90. The van der Waals surface area contributed by atoms with Crippen LogP contribution in [0.1, 0.15) is 96.8 Å². The smallest absolute Gasteiger partial charge is 0.408 e. The first-order valence-corrected chi connectivity index (χ1v) is 11.7. The average Bonchev–Trinajstić information content (AvgIpc) is 3.49. The second kappa shape index (κ2) is 10.8. The van der Waals surface area contributed by atoms with Crippen LogP contribution in [-0.4, -0.2) is 29.6 Å². The number of ketones is 1. The van der Waals surface area contributed by atoms with Gasteiger partial charge in [-0.1, -0.05) is 45.0 Å². The van der Waals surface area contributed by atoms with Crippen molar-refractivity contribution in [2.24, 2.45) is 0 Å². The van der Waals surface area contributed by atoms with Gasteiger partial charge in [-0.3, -0.25) is 4.79 Å². The van der Waals surface area contributed by atoms with Gasteiger partial charge in [0.15, 0.2) is 5.78 Å². The first-order valence-electron chi connectivity index (χ1n) is 11.7. The summed E-state index contributed by atoms with van der Waals surface area (Å²) in [4.78, 5) is 25.1. The summed E-state index contributed by atoms with van der Waals surface area (Å²) in [5.41, 5.74) is 3.97. The van der Waals surface area contributed by atoms with Gasteiger partial charge in [0.1, 0.15) is 5.60 Å². The minimum Gasteiger partial charge on any atom is -0.444 e. The highest BCUT2D eigenvalue weighted by Gasteiger charge is 2.26. The van der Waals surface area contributed by atoms with Crippen LogP contribution in [0.25, 0.3) is 5.70 Å². The summed E-state index contributed by atoms with van der Waals surface area (Å²) in [6.45, 7) is 13.7. The lowest BCUT2D eigenvalue weighted by Gasteiger charge is -2.24. The molecule has 1 aromatic rings. The van der Waals surface area contributed by atoms with Crippen LogP contribution in [0, 0.1) is 0 Å². The number of carbonyl (C=O) groups excluding carboxylic acids is 2. The molecule has 0 aromatic heterocycles. The third-order valence-electron chi connectivity index (χ3n) is 5.52. The molecule has 2 unspecified atom stereocenters. The SMILES string of the molecule is CC/C=C(/NC1CC1)c1c(CC(=O)C(C)NC(=O)OC(C)(C)C)cccc1C(C)CC. The van der Waals surface area contributed by atoms with E-state index in [1.165, 1.54) is 18.4 Å². The van der Waals surface area contributed by atoms with E-state index in [1.54, 1.807) is 27.7 Å². The van der Waals surface area contributed by atoms with Crippen molar-refractivity contribution in [2.75, 3.05) is 0 Å². The van der Waals surface area contributed by atoms with Crippen LogP contribution in [0.4, 0.5) is 4.79 Å². The topological polar surface area (TPSA) is 67.4 Å². The second-order valence-electron chi connectivity index (χ2n) is 9.65. The number of hydrogen-bond acceptors (Lipinski definition) is 4. The van der Waals surface area contributed by atoms with Gasteiger partial charge in [0.05, 0.1) is 6.04 Å². The van der Waals surface area contributed by atoms with Gasteiger partial charge in [-0.15, -0.1) is 0 Å². The van der Waals surface area contributed by atoms with Crippen molar-refractivity contribution in [2.45, 2.75) is 104 Å². The molecule has 2 atom stereocenters. The van der Waals surface area contributed by atoms with E-state index < -0.39 is 17.7 Å². The van der Waals surface area contributed by atoms with E-state index in [-0.39, 0.29) is 12.2 Å². The largest absolute Gasteiger partial charge is 0.444 e. The Bertz CT molecular complexity index is 803. The van der Waals surface area contributed by atoms with Crippen LogP contribution in [-0.2, 0) is 16.0 Å². The lowest BCUT2D eigenvalue weighted by molar-refractivity contribution is -0.120. The van der Waals surface area contributed by atoms with E-state index in [4.69, 9.17) is 4.74 Å². The van der Waals surface area contributed by atoms with Crippen LogP contribution in [0.2, 0.25) is 0 Å². The zero-order valence-corrected chi connectivity index (χ0v) is 20.3. The Morgan fingerprint density at radius 2 is 1.87 bits per heavy atom. The van der Waals surface area contributed by atoms with Crippen molar-refractivity contribution in [3.63, 3.8) is 0 Å². The molecule has 2 N–H and O–H groups in total. The lowest BCUT2D eigenvalue weighted by Crippen LogP contribution is -2.42. The Morgan fingerprint density at radius 1 is 1.19 bits per heavy atom. The van der Waals surface area contributed by atoms with E-state index in [0.29, 0.717) is 12.0 Å². The molecule has 1 saturated carbocycles. The Morgan fingerprint density at radius 3 is 2.42 bits per heavy atom. The molecule has 0 bridgehead atoms. The average molecular weight is 429 g/mol. The van der Waals surface area contributed by atoms with Gasteiger partial charge in [-0.2, -0.15) is 0 Å². The lowest BCUT2D eigenvalue weighted by atomic mass is 9.86. The molecule has 2 rings (SSSR count). The number of rotatable bonds is 10. The van der Waals surface area contributed by atoms with Crippen molar-refractivity contribution in [1.82, 2.24) is 10.6 Å². The molecule has 172 valence electrons. The third kappa shape index (κ3) is 7.71. The molecular formula is C26H40N2O3. The monoisotopic (exact) mass is 428 g/mol. The molecule has 1 aliphatic carbocycles. The van der Waals surface area contributed by atoms with Crippen LogP contribution in [0.15, 0.2) is 24.3 Å². The van der Waals surface area contributed by atoms with Crippen LogP contribution in [0.3, 0.4) is 0 Å². The molecule has 0 spiro atoms. The van der Waals surface area contributed by atoms with E-state index in [1.807, 2.05) is 12.1 Å². The summed E-state index contributed by atoms with van der Waals surface area (Å²) in [7, 11) is 0. The fraction of sp³-hybridized carbons (Fsp3) is 0.615. The maximum atomic E-state index is 13.0. The number of alkyl carbamates (subject to hydrolysis) is 1. The fourth-order valence-corrected chi connectivity index (χ4v) is 3.52. The number of hydrogen-bond donors (Lipinski definition) is 2. The number of allylic oxidation sites excluding steroid dienone is 1. The summed E-state index contributed by atoms with van der Waals surface area (Å²) in [6.07, 6.45) is 6.27. The van der Waals surface area contributed by atoms with Crippen LogP contribution < -0.4 is 10.6 Å². The quantitative estimate of drug-likeness (QED) is 0.499. The molecule has 0 saturated heterocycles. The maximum absolute atomic E-state index is 13.0. The van der Waals surface area contributed by atoms with E-state index >= 15 is 0 Å². The molecule has 1 aromatic carbocycles. The van der Waals surface area contributed by atoms with E-state index in [0.717, 1.165) is 29.7 Å². The van der Waals surface area contributed by atoms with Gasteiger partial charge in [0.25, 0.3) is 0 Å². The summed E-state index contributed by atoms with van der Waals surface area (Å²) in [6, 6.07) is 6.17. The van der Waals surface area contributed by atoms with Crippen molar-refractivity contribution in [3.05, 3.63) is 41.0 Å². The predicted octanol–water partition coefficient (Wildman–Crippen LogP) is 5.73. The number of carbonyl (C=O) groups is 2. The van der Waals surface area contributed by atoms with Crippen molar-refractivity contribution in [1.29, 1.82) is 0 Å². The first-order chi connectivity index (χ1) is 14.6. The molecular weight excluding hydrogens is 388 g/mol. The highest BCUT2D eigenvalue weighted by Crippen LogP contribution is 2.33. The Balaban J connectivity index is 2.29. The maximum Gasteiger partial charge on any atom is 0.408 e. The second-order valence-corrected chi connectivity index (χ2v) is 9.65. The minimum atomic E-state index is -0.620. The highest BCUT2D eigenvalue weighted by atomic mass is 16.6. The molecule has 0 aliphatic heterocycles. The number of ether oxygens (including phenoxy) is 1. The van der Waals surface area contributed by atoms with Gasteiger partial charge in [-0.25, -0.2) is 4.79 Å². The van der Waals surface area contributed by atoms with Gasteiger partial charge >= 0.3 is 6.09 Å². The fourth-order valence-electron chi connectivity index (χ4n) is 3.52. The number of benzene rings is 1. The van der Waals surface area contributed by atoms with Crippen molar-refractivity contribution in [3.8, 4) is 0 Å². The van der Waals surface area contributed by atoms with Gasteiger partial charge in [0.2, 0.25) is 0 Å². The summed E-state index contributed by atoms with van der Waals surface area (Å²) >= 11 is 0. The number of amides is 1. The van der Waals surface area contributed by atoms with Gasteiger partial charge in [-0.05, 0) is 70.4 Å². The zero-order valence-electron chi connectivity index (χ0n) is 20.3. The first kappa shape index (κ1) is 25.0. The number of nitrogens with one attached hydrogen (secondary N) is 2. The van der Waals surface area contributed by atoms with Crippen LogP contribution in [0.5, 0.6) is 0 Å². The Kier molecular flexibility index (Phi) is 8.72. The molecule has 1 aliphatic rings. The van der Waals surface area contributed by atoms with E-state index in [9.17, 15) is 9.59 Å². The minimum absolute atomic E-state index is 0.0318. The van der Waals surface area contributed by atoms with Gasteiger partial charge in [0, 0.05) is 23.7 Å². The molecule has 31 heavy (non-hydrogen) atoms. The van der Waals surface area contributed by atoms with E-state index in [2.05, 4.69) is 43.5 Å². The standard InChI is InChI=1S/C26H40N2O3/c1-8-11-22(28-20-14-15-20)24-19(12-10-13-21(24)17(3)9-2)16-23(29)18(4)27-25(30)31-26(5,6)7/h10-13,17-18,20,28H,8-9,14-16H2,1-7H3,(H,27,30)/b22-11+. The van der Waals surface area contributed by atoms with Crippen molar-refractivity contribution < 1.29 is 14.3 Å². The third-order valence-corrected chi connectivity index (χ3v) is 5.52. The van der Waals surface area contributed by atoms with Crippen molar-refractivity contribution >= 4 is 17.6 Å². The molecule has 5 heteroatoms. The Labute approximate surface area is 188 Å². The summed E-state index contributed by atoms with van der Waals surface area (Å²) < 4.78 is 5.30. The zero-order chi connectivity index (χ0) is 23.2. The molecule has 1 fully saturated rings. The number of Topliss-reactive ketones (excluding diaryl/α,β-unsaturated/α-hetero) is 1. The summed E-state index contributed by atoms with van der Waals surface area (Å²) in [5.74, 6) is 0.360. The molecule has 5 nitrogen and oxygen atoms in total. The predicted molar refractivity (Wildman–Crippen MR) is 127 cm³/mol. The Hall–Kier alpha value is -2.30. The molecule has 0 heterocycles. The summed E-state index contributed by atoms with van der Waals surface area (Å²) in [5, 5.41) is 6.37. The van der Waals surface area contributed by atoms with Crippen LogP contribution >= 0.6 is 0 Å². The molecule has 1 amide bonds. The molecule has 0 radical (unpaired) electrons.